The van der Waals surface area contributed by atoms with E-state index in [4.69, 9.17) is 35.1 Å². The molecule has 20 nitrogen and oxygen atoms in total. The van der Waals surface area contributed by atoms with E-state index in [0.29, 0.717) is 16.9 Å². The number of aryl methyl sites for hydroxylation is 1. The van der Waals surface area contributed by atoms with Crippen molar-refractivity contribution in [2.24, 2.45) is 4.99 Å². The standard InChI is InChI=1S/C28H33N8O12PS/c1-13-22(41)15(14(8-37)6-29-13)7-30-25-21-26(32-11-31-25)36(12-33-21)20-5-16(39)18(46-20)10-45-49(43,50)48-23-17(9-38)47-27(24(23)44-2)35-4-3-19(40)34-28(35)42/h3-4,6-7,11-12,16-18,20,23-24,27,37-39,41H,5,8-10H2,1-2H3,(H,43,50)(H,34,40,42)/p-1/b30-7-/t16?,17-,18-,20-,23?,24+,27-,49?/m1/s1. The number of methoxy groups -OCH3 is 1. The van der Waals surface area contributed by atoms with Crippen molar-refractivity contribution < 1.29 is 48.6 Å². The van der Waals surface area contributed by atoms with Crippen LogP contribution in [0.5, 0.6) is 5.75 Å². The Bertz CT molecular complexity index is 2060. The number of hydrogen-bond acceptors (Lipinski definition) is 18. The van der Waals surface area contributed by atoms with Gasteiger partial charge in [-0.25, -0.2) is 24.7 Å². The zero-order valence-electron chi connectivity index (χ0n) is 26.4. The lowest BCUT2D eigenvalue weighted by atomic mass is 10.1. The first-order chi connectivity index (χ1) is 23.9. The van der Waals surface area contributed by atoms with Crippen LogP contribution in [0.2, 0.25) is 0 Å². The molecule has 50 heavy (non-hydrogen) atoms. The highest BCUT2D eigenvalue weighted by molar-refractivity contribution is 8.06. The van der Waals surface area contributed by atoms with E-state index >= 15 is 0 Å². The number of aromatic nitrogens is 7. The fraction of sp³-hybridized carbons (Fsp3) is 0.464. The van der Waals surface area contributed by atoms with E-state index in [9.17, 15) is 34.9 Å². The molecule has 4 aromatic rings. The monoisotopic (exact) mass is 735 g/mol. The molecule has 4 aromatic heterocycles. The number of nitrogens with zero attached hydrogens (tertiary/aromatic N) is 7. The molecule has 6 rings (SSSR count). The van der Waals surface area contributed by atoms with E-state index in [-0.39, 0.29) is 35.7 Å². The summed E-state index contributed by atoms with van der Waals surface area (Å²) < 4.78 is 30.8. The summed E-state index contributed by atoms with van der Waals surface area (Å²) >= 11 is 5.12. The summed E-state index contributed by atoms with van der Waals surface area (Å²) in [5.74, 6) is 0.0233. The summed E-state index contributed by atoms with van der Waals surface area (Å²) in [6.07, 6.45) is -0.848. The fourth-order valence-corrected chi connectivity index (χ4v) is 7.08. The molecule has 0 spiro atoms. The molecule has 0 saturated carbocycles. The van der Waals surface area contributed by atoms with Crippen molar-refractivity contribution in [1.82, 2.24) is 34.1 Å². The Kier molecular flexibility index (Phi) is 10.6. The third-order valence-electron chi connectivity index (χ3n) is 8.21. The third-order valence-corrected chi connectivity index (χ3v) is 9.75. The first-order valence-electron chi connectivity index (χ1n) is 15.0. The number of nitrogens with one attached hydrogen (secondary N) is 1. The number of aromatic amines is 1. The molecule has 2 aliphatic rings. The Morgan fingerprint density at radius 2 is 1.98 bits per heavy atom. The Hall–Kier alpha value is -3.86. The van der Waals surface area contributed by atoms with Gasteiger partial charge in [-0.2, -0.15) is 0 Å². The van der Waals surface area contributed by atoms with Crippen LogP contribution in [0.15, 0.2) is 45.7 Å². The van der Waals surface area contributed by atoms with Crippen molar-refractivity contribution in [3.05, 3.63) is 68.8 Å². The number of aliphatic hydroxyl groups is 3. The summed E-state index contributed by atoms with van der Waals surface area (Å²) in [7, 11) is 1.28. The number of imidazole rings is 1. The molecular formula is C28H32N8O12PS-. The molecule has 6 heterocycles. The van der Waals surface area contributed by atoms with E-state index in [1.165, 1.54) is 38.4 Å². The highest BCUT2D eigenvalue weighted by atomic mass is 32.5. The molecule has 22 heteroatoms. The maximum atomic E-state index is 13.3. The average molecular weight is 736 g/mol. The molecule has 0 bridgehead atoms. The number of hydrogen-bond donors (Lipinski definition) is 5. The second-order valence-corrected chi connectivity index (χ2v) is 14.0. The molecule has 0 amide bonds. The Morgan fingerprint density at radius 1 is 1.18 bits per heavy atom. The van der Waals surface area contributed by atoms with Crippen molar-refractivity contribution in [1.29, 1.82) is 0 Å². The third kappa shape index (κ3) is 7.16. The maximum Gasteiger partial charge on any atom is 0.330 e. The largest absolute Gasteiger partial charge is 0.780 e. The van der Waals surface area contributed by atoms with Crippen molar-refractivity contribution in [2.45, 2.75) is 62.9 Å². The van der Waals surface area contributed by atoms with Crippen LogP contribution in [-0.2, 0) is 41.7 Å². The average Bonchev–Trinajstić information content (AvgIpc) is 3.79. The van der Waals surface area contributed by atoms with Gasteiger partial charge in [-0.1, -0.05) is 11.8 Å². The minimum atomic E-state index is -4.35. The highest BCUT2D eigenvalue weighted by Gasteiger charge is 2.48. The van der Waals surface area contributed by atoms with Crippen LogP contribution in [0.3, 0.4) is 0 Å². The second-order valence-electron chi connectivity index (χ2n) is 11.3. The summed E-state index contributed by atoms with van der Waals surface area (Å²) in [5.41, 5.74) is 0.149. The van der Waals surface area contributed by atoms with Gasteiger partial charge in [-0.3, -0.25) is 23.9 Å². The quantitative estimate of drug-likeness (QED) is 0.0824. The molecule has 3 unspecified atom stereocenters. The summed E-state index contributed by atoms with van der Waals surface area (Å²) in [4.78, 5) is 60.5. The van der Waals surface area contributed by atoms with Gasteiger partial charge >= 0.3 is 5.69 Å². The number of ether oxygens (including phenoxy) is 3. The van der Waals surface area contributed by atoms with Crippen LogP contribution in [0.4, 0.5) is 5.82 Å². The number of rotatable bonds is 12. The smallest absolute Gasteiger partial charge is 0.330 e. The first kappa shape index (κ1) is 35.9. The lowest BCUT2D eigenvalue weighted by Crippen LogP contribution is -2.40. The minimum absolute atomic E-state index is 0.0686. The van der Waals surface area contributed by atoms with Crippen molar-refractivity contribution in [2.75, 3.05) is 20.3 Å². The molecule has 0 aromatic carbocycles. The molecule has 5 N–H and O–H groups in total. The first-order valence-corrected chi connectivity index (χ1v) is 17.6. The minimum Gasteiger partial charge on any atom is -0.780 e. The number of fused-ring (bicyclic) bond motifs is 1. The van der Waals surface area contributed by atoms with Crippen molar-refractivity contribution in [3.63, 3.8) is 0 Å². The number of H-pyrrole nitrogens is 1. The SMILES string of the molecule is CO[C@H]1C(OP([O-])(=S)OC[C@H]2O[C@@H](n3cnc4c(/N=C\c5c(CO)cnc(C)c5O)ncnc43)CC2O)[C@@H](CO)O[C@H]1n1ccc(=O)[nH]c1=O. The van der Waals surface area contributed by atoms with Gasteiger partial charge in [-0.15, -0.1) is 0 Å². The predicted octanol–water partition coefficient (Wildman–Crippen LogP) is -1.43. The van der Waals surface area contributed by atoms with Gasteiger partial charge in [0.15, 0.2) is 23.2 Å². The van der Waals surface area contributed by atoms with Gasteiger partial charge in [0.1, 0.15) is 49.4 Å². The van der Waals surface area contributed by atoms with Crippen molar-refractivity contribution >= 4 is 41.7 Å². The number of pyridine rings is 1. The summed E-state index contributed by atoms with van der Waals surface area (Å²) in [6, 6.07) is 1.10. The number of aliphatic hydroxyl groups excluding tert-OH is 3. The Balaban J connectivity index is 1.13. The van der Waals surface area contributed by atoms with Crippen LogP contribution >= 0.6 is 6.72 Å². The van der Waals surface area contributed by atoms with E-state index in [0.717, 1.165) is 10.6 Å². The Labute approximate surface area is 286 Å². The van der Waals surface area contributed by atoms with E-state index < -0.39 is 74.2 Å². The topological polar surface area (TPSA) is 274 Å². The molecule has 2 aliphatic heterocycles. The fourth-order valence-electron chi connectivity index (χ4n) is 5.66. The molecule has 8 atom stereocenters. The molecule has 0 aliphatic carbocycles. The zero-order valence-corrected chi connectivity index (χ0v) is 28.1. The van der Waals surface area contributed by atoms with Crippen LogP contribution in [0.25, 0.3) is 11.2 Å². The normalized spacial score (nSPS) is 26.6. The van der Waals surface area contributed by atoms with Gasteiger partial charge in [0, 0.05) is 49.3 Å². The molecule has 2 fully saturated rings. The molecular weight excluding hydrogens is 703 g/mol. The van der Waals surface area contributed by atoms with Gasteiger partial charge in [-0.05, 0) is 6.92 Å². The van der Waals surface area contributed by atoms with Crippen LogP contribution in [-0.4, -0.2) is 112 Å². The van der Waals surface area contributed by atoms with E-state index in [2.05, 4.69) is 29.9 Å². The zero-order chi connectivity index (χ0) is 35.7. The van der Waals surface area contributed by atoms with Crippen LogP contribution in [0, 0.1) is 6.92 Å². The lowest BCUT2D eigenvalue weighted by molar-refractivity contribution is -0.218. The second kappa shape index (κ2) is 14.8. The summed E-state index contributed by atoms with van der Waals surface area (Å²) in [5, 5.41) is 40.8. The van der Waals surface area contributed by atoms with Gasteiger partial charge in [0.2, 0.25) is 0 Å². The lowest BCUT2D eigenvalue weighted by Gasteiger charge is -2.34. The van der Waals surface area contributed by atoms with Crippen LogP contribution in [0.1, 0.15) is 35.7 Å². The highest BCUT2D eigenvalue weighted by Crippen LogP contribution is 2.46. The molecule has 2 saturated heterocycles. The van der Waals surface area contributed by atoms with Gasteiger partial charge in [0.05, 0.1) is 37.9 Å². The molecule has 268 valence electrons. The Morgan fingerprint density at radius 3 is 2.70 bits per heavy atom. The summed E-state index contributed by atoms with van der Waals surface area (Å²) in [6.45, 7) is -4.18. The maximum absolute atomic E-state index is 13.3. The number of aromatic hydroxyl groups is 1. The number of aliphatic imine (C=N–C) groups is 1. The van der Waals surface area contributed by atoms with Crippen LogP contribution < -0.4 is 16.1 Å². The van der Waals surface area contributed by atoms with Gasteiger partial charge < -0.3 is 48.6 Å². The van der Waals surface area contributed by atoms with E-state index in [1.807, 2.05) is 0 Å². The predicted molar refractivity (Wildman–Crippen MR) is 172 cm³/mol. The van der Waals surface area contributed by atoms with Gasteiger partial charge in [0.25, 0.3) is 5.56 Å². The molecule has 0 radical (unpaired) electrons. The van der Waals surface area contributed by atoms with E-state index in [1.54, 1.807) is 11.5 Å². The van der Waals surface area contributed by atoms with Crippen molar-refractivity contribution in [3.8, 4) is 5.75 Å².